The summed E-state index contributed by atoms with van der Waals surface area (Å²) in [6.07, 6.45) is 6.31. The highest BCUT2D eigenvalue weighted by molar-refractivity contribution is 5.76. The number of piperidine rings is 1. The summed E-state index contributed by atoms with van der Waals surface area (Å²) in [4.78, 5) is 16.8. The molecule has 0 saturated carbocycles. The van der Waals surface area contributed by atoms with Gasteiger partial charge in [0.25, 0.3) is 0 Å². The van der Waals surface area contributed by atoms with Gasteiger partial charge in [-0.05, 0) is 49.8 Å². The van der Waals surface area contributed by atoms with Gasteiger partial charge in [-0.15, -0.1) is 0 Å². The van der Waals surface area contributed by atoms with Crippen molar-refractivity contribution in [2.24, 2.45) is 0 Å². The summed E-state index contributed by atoms with van der Waals surface area (Å²) in [7, 11) is 4.07. The van der Waals surface area contributed by atoms with Crippen molar-refractivity contribution in [3.8, 4) is 0 Å². The van der Waals surface area contributed by atoms with Crippen molar-refractivity contribution in [3.63, 3.8) is 0 Å². The molecule has 1 N–H and O–H groups in total. The first-order valence-electron chi connectivity index (χ1n) is 10.00. The van der Waals surface area contributed by atoms with Crippen LogP contribution in [0.2, 0.25) is 0 Å². The molecule has 3 rings (SSSR count). The molecule has 5 nitrogen and oxygen atoms in total. The lowest BCUT2D eigenvalue weighted by Crippen LogP contribution is -2.46. The van der Waals surface area contributed by atoms with Gasteiger partial charge in [0, 0.05) is 58.5 Å². The molecule has 2 aliphatic rings. The standard InChI is InChI=1S/C21H33N3O2/c1-23(2)19-8-5-17(6-9-19)7-10-21(25)22-18-11-13-24(14-12-18)16-20-4-3-15-26-20/h5-6,8-9,18,20H,3-4,7,10-16H2,1-2H3,(H,22,25)/t20-/m1/s1. The van der Waals surface area contributed by atoms with Gasteiger partial charge in [0.2, 0.25) is 5.91 Å². The summed E-state index contributed by atoms with van der Waals surface area (Å²) in [5, 5.41) is 3.23. The summed E-state index contributed by atoms with van der Waals surface area (Å²) >= 11 is 0. The lowest BCUT2D eigenvalue weighted by molar-refractivity contribution is -0.122. The lowest BCUT2D eigenvalue weighted by Gasteiger charge is -2.33. The summed E-state index contributed by atoms with van der Waals surface area (Å²) in [6, 6.07) is 8.78. The first kappa shape index (κ1) is 19.2. The molecule has 2 fully saturated rings. The Morgan fingerprint density at radius 3 is 2.54 bits per heavy atom. The Morgan fingerprint density at radius 1 is 1.19 bits per heavy atom. The molecule has 26 heavy (non-hydrogen) atoms. The minimum atomic E-state index is 0.180. The maximum Gasteiger partial charge on any atom is 0.220 e. The average Bonchev–Trinajstić information content (AvgIpc) is 3.15. The summed E-state index contributed by atoms with van der Waals surface area (Å²) < 4.78 is 5.73. The zero-order valence-electron chi connectivity index (χ0n) is 16.2. The third-order valence-electron chi connectivity index (χ3n) is 5.53. The molecular formula is C21H33N3O2. The molecule has 0 spiro atoms. The Morgan fingerprint density at radius 2 is 1.92 bits per heavy atom. The van der Waals surface area contributed by atoms with Crippen LogP contribution in [0, 0.1) is 0 Å². The Kier molecular flexibility index (Phi) is 6.92. The molecule has 0 bridgehead atoms. The molecule has 2 aliphatic heterocycles. The zero-order valence-corrected chi connectivity index (χ0v) is 16.2. The second-order valence-electron chi connectivity index (χ2n) is 7.84. The van der Waals surface area contributed by atoms with E-state index in [-0.39, 0.29) is 5.91 Å². The molecule has 0 radical (unpaired) electrons. The topological polar surface area (TPSA) is 44.8 Å². The van der Waals surface area contributed by atoms with Crippen LogP contribution in [0.1, 0.15) is 37.7 Å². The molecule has 0 unspecified atom stereocenters. The second kappa shape index (κ2) is 9.38. The van der Waals surface area contributed by atoms with Crippen LogP contribution in [0.5, 0.6) is 0 Å². The number of nitrogens with one attached hydrogen (secondary N) is 1. The number of hydrogen-bond donors (Lipinski definition) is 1. The van der Waals surface area contributed by atoms with Crippen LogP contribution in [0.15, 0.2) is 24.3 Å². The van der Waals surface area contributed by atoms with Crippen LogP contribution in [-0.2, 0) is 16.0 Å². The predicted octanol–water partition coefficient (Wildman–Crippen LogP) is 2.44. The van der Waals surface area contributed by atoms with Gasteiger partial charge < -0.3 is 19.9 Å². The van der Waals surface area contributed by atoms with E-state index in [0.29, 0.717) is 18.6 Å². The van der Waals surface area contributed by atoms with Gasteiger partial charge >= 0.3 is 0 Å². The van der Waals surface area contributed by atoms with Crippen LogP contribution < -0.4 is 10.2 Å². The van der Waals surface area contributed by atoms with E-state index in [9.17, 15) is 4.79 Å². The Hall–Kier alpha value is -1.59. The maximum absolute atomic E-state index is 12.3. The van der Waals surface area contributed by atoms with Gasteiger partial charge in [0.15, 0.2) is 0 Å². The van der Waals surface area contributed by atoms with Crippen molar-refractivity contribution in [2.45, 2.75) is 50.7 Å². The normalized spacial score (nSPS) is 21.7. The highest BCUT2D eigenvalue weighted by Gasteiger charge is 2.24. The van der Waals surface area contributed by atoms with E-state index in [1.54, 1.807) is 0 Å². The van der Waals surface area contributed by atoms with E-state index in [1.807, 2.05) is 14.1 Å². The van der Waals surface area contributed by atoms with E-state index in [0.717, 1.165) is 45.5 Å². The maximum atomic E-state index is 12.3. The number of benzene rings is 1. The van der Waals surface area contributed by atoms with Gasteiger partial charge in [-0.25, -0.2) is 0 Å². The fraction of sp³-hybridized carbons (Fsp3) is 0.667. The number of ether oxygens (including phenoxy) is 1. The van der Waals surface area contributed by atoms with Crippen LogP contribution in [-0.4, -0.2) is 63.3 Å². The van der Waals surface area contributed by atoms with Crippen LogP contribution >= 0.6 is 0 Å². The molecule has 0 aliphatic carbocycles. The summed E-state index contributed by atoms with van der Waals surface area (Å²) in [5.74, 6) is 0.180. The number of carbonyl (C=O) groups is 1. The molecule has 5 heteroatoms. The Bertz CT molecular complexity index is 559. The third-order valence-corrected chi connectivity index (χ3v) is 5.53. The molecule has 2 heterocycles. The summed E-state index contributed by atoms with van der Waals surface area (Å²) in [5.41, 5.74) is 2.41. The highest BCUT2D eigenvalue weighted by atomic mass is 16.5. The molecule has 144 valence electrons. The van der Waals surface area contributed by atoms with E-state index < -0.39 is 0 Å². The number of aryl methyl sites for hydroxylation is 1. The van der Waals surface area contributed by atoms with Gasteiger partial charge in [-0.1, -0.05) is 12.1 Å². The van der Waals surface area contributed by atoms with E-state index in [2.05, 4.69) is 39.4 Å². The fourth-order valence-corrected chi connectivity index (χ4v) is 3.85. The molecule has 1 amide bonds. The van der Waals surface area contributed by atoms with Crippen molar-refractivity contribution in [1.82, 2.24) is 10.2 Å². The van der Waals surface area contributed by atoms with E-state index >= 15 is 0 Å². The van der Waals surface area contributed by atoms with Gasteiger partial charge in [0.05, 0.1) is 6.10 Å². The van der Waals surface area contributed by atoms with Crippen LogP contribution in [0.4, 0.5) is 5.69 Å². The fourth-order valence-electron chi connectivity index (χ4n) is 3.85. The second-order valence-corrected chi connectivity index (χ2v) is 7.84. The summed E-state index contributed by atoms with van der Waals surface area (Å²) in [6.45, 7) is 4.12. The highest BCUT2D eigenvalue weighted by Crippen LogP contribution is 2.17. The Labute approximate surface area is 157 Å². The zero-order chi connectivity index (χ0) is 18.4. The molecule has 1 aromatic carbocycles. The number of likely N-dealkylation sites (tertiary alicyclic amines) is 1. The van der Waals surface area contributed by atoms with Crippen molar-refractivity contribution in [3.05, 3.63) is 29.8 Å². The number of hydrogen-bond acceptors (Lipinski definition) is 4. The largest absolute Gasteiger partial charge is 0.378 e. The quantitative estimate of drug-likeness (QED) is 0.812. The number of nitrogens with zero attached hydrogens (tertiary/aromatic N) is 2. The molecule has 1 aromatic rings. The van der Waals surface area contributed by atoms with Gasteiger partial charge in [0.1, 0.15) is 0 Å². The first-order chi connectivity index (χ1) is 12.6. The first-order valence-corrected chi connectivity index (χ1v) is 10.00. The molecular weight excluding hydrogens is 326 g/mol. The number of anilines is 1. The Balaban J connectivity index is 1.33. The minimum Gasteiger partial charge on any atom is -0.378 e. The van der Waals surface area contributed by atoms with Gasteiger partial charge in [-0.3, -0.25) is 4.79 Å². The number of rotatable bonds is 7. The third kappa shape index (κ3) is 5.71. The van der Waals surface area contributed by atoms with Crippen molar-refractivity contribution in [1.29, 1.82) is 0 Å². The van der Waals surface area contributed by atoms with E-state index in [4.69, 9.17) is 4.74 Å². The number of amides is 1. The van der Waals surface area contributed by atoms with Crippen molar-refractivity contribution < 1.29 is 9.53 Å². The molecule has 1 atom stereocenters. The monoisotopic (exact) mass is 359 g/mol. The van der Waals surface area contributed by atoms with Crippen molar-refractivity contribution >= 4 is 11.6 Å². The molecule has 0 aromatic heterocycles. The van der Waals surface area contributed by atoms with Gasteiger partial charge in [-0.2, -0.15) is 0 Å². The predicted molar refractivity (Wildman–Crippen MR) is 106 cm³/mol. The lowest BCUT2D eigenvalue weighted by atomic mass is 10.0. The minimum absolute atomic E-state index is 0.180. The number of carbonyl (C=O) groups excluding carboxylic acids is 1. The van der Waals surface area contributed by atoms with Crippen LogP contribution in [0.3, 0.4) is 0 Å². The average molecular weight is 360 g/mol. The SMILES string of the molecule is CN(C)c1ccc(CCC(=O)NC2CCN(C[C@H]3CCCO3)CC2)cc1. The van der Waals surface area contributed by atoms with E-state index in [1.165, 1.54) is 24.1 Å². The smallest absolute Gasteiger partial charge is 0.220 e. The molecule has 2 saturated heterocycles. The van der Waals surface area contributed by atoms with Crippen molar-refractivity contribution in [2.75, 3.05) is 45.2 Å². The van der Waals surface area contributed by atoms with Crippen LogP contribution in [0.25, 0.3) is 0 Å².